The van der Waals surface area contributed by atoms with Crippen molar-refractivity contribution in [2.24, 2.45) is 0 Å². The number of carbonyl (C=O) groups excluding carboxylic acids is 1. The highest BCUT2D eigenvalue weighted by molar-refractivity contribution is 9.10. The molecular formula is C10H6BrF3N2O2. The van der Waals surface area contributed by atoms with E-state index in [1.54, 1.807) is 0 Å². The zero-order chi connectivity index (χ0) is 13.5. The van der Waals surface area contributed by atoms with E-state index in [1.807, 2.05) is 0 Å². The van der Waals surface area contributed by atoms with Gasteiger partial charge in [0.1, 0.15) is 5.52 Å². The third-order valence-electron chi connectivity index (χ3n) is 2.23. The molecule has 1 aromatic carbocycles. The van der Waals surface area contributed by atoms with Crippen LogP contribution in [0, 0.1) is 0 Å². The molecule has 96 valence electrons. The molecule has 0 atom stereocenters. The van der Waals surface area contributed by atoms with E-state index in [-0.39, 0.29) is 16.6 Å². The van der Waals surface area contributed by atoms with Crippen LogP contribution >= 0.6 is 15.9 Å². The van der Waals surface area contributed by atoms with Gasteiger partial charge in [-0.2, -0.15) is 13.2 Å². The van der Waals surface area contributed by atoms with E-state index in [0.717, 1.165) is 7.11 Å². The average molecular weight is 323 g/mol. The molecule has 1 aromatic heterocycles. The fraction of sp³-hybridized carbons (Fsp3) is 0.200. The number of aromatic nitrogens is 2. The first-order valence-corrected chi connectivity index (χ1v) is 5.47. The molecule has 0 spiro atoms. The zero-order valence-corrected chi connectivity index (χ0v) is 10.5. The molecule has 0 amide bonds. The Morgan fingerprint density at radius 2 is 2.11 bits per heavy atom. The molecule has 4 nitrogen and oxygen atoms in total. The molecule has 0 aliphatic carbocycles. The second kappa shape index (κ2) is 4.27. The van der Waals surface area contributed by atoms with Crippen LogP contribution in [0.5, 0.6) is 0 Å². The number of hydrogen-bond acceptors (Lipinski definition) is 3. The van der Waals surface area contributed by atoms with Gasteiger partial charge in [-0.25, -0.2) is 9.78 Å². The van der Waals surface area contributed by atoms with Crippen LogP contribution in [0.2, 0.25) is 0 Å². The maximum atomic E-state index is 12.5. The van der Waals surface area contributed by atoms with Crippen LogP contribution in [0.4, 0.5) is 13.2 Å². The molecule has 0 aliphatic heterocycles. The van der Waals surface area contributed by atoms with E-state index in [0.29, 0.717) is 4.47 Å². The lowest BCUT2D eigenvalue weighted by Gasteiger charge is -2.00. The molecule has 0 saturated heterocycles. The summed E-state index contributed by atoms with van der Waals surface area (Å²) in [4.78, 5) is 17.0. The molecule has 0 fully saturated rings. The third kappa shape index (κ3) is 2.20. The van der Waals surface area contributed by atoms with Crippen molar-refractivity contribution in [3.8, 4) is 0 Å². The number of imidazole rings is 1. The van der Waals surface area contributed by atoms with Gasteiger partial charge in [0.15, 0.2) is 0 Å². The van der Waals surface area contributed by atoms with Gasteiger partial charge in [-0.15, -0.1) is 0 Å². The number of esters is 1. The van der Waals surface area contributed by atoms with Crippen LogP contribution in [0.25, 0.3) is 11.0 Å². The first-order valence-electron chi connectivity index (χ1n) is 4.67. The molecule has 2 rings (SSSR count). The number of benzene rings is 1. The third-order valence-corrected chi connectivity index (χ3v) is 2.68. The molecule has 2 aromatic rings. The minimum Gasteiger partial charge on any atom is -0.465 e. The normalized spacial score (nSPS) is 11.8. The average Bonchev–Trinajstić information content (AvgIpc) is 2.70. The summed E-state index contributed by atoms with van der Waals surface area (Å²) in [5, 5.41) is 0. The van der Waals surface area contributed by atoms with Crippen molar-refractivity contribution in [2.75, 3.05) is 7.11 Å². The molecular weight excluding hydrogens is 317 g/mol. The van der Waals surface area contributed by atoms with E-state index >= 15 is 0 Å². The Kier molecular flexibility index (Phi) is 3.05. The summed E-state index contributed by atoms with van der Waals surface area (Å²) in [6, 6.07) is 2.76. The molecule has 8 heteroatoms. The van der Waals surface area contributed by atoms with Gasteiger partial charge in [-0.3, -0.25) is 0 Å². The monoisotopic (exact) mass is 322 g/mol. The van der Waals surface area contributed by atoms with Gasteiger partial charge in [-0.1, -0.05) is 15.9 Å². The second-order valence-corrected chi connectivity index (χ2v) is 4.34. The fourth-order valence-corrected chi connectivity index (χ4v) is 1.94. The molecule has 1 heterocycles. The quantitative estimate of drug-likeness (QED) is 0.821. The van der Waals surface area contributed by atoms with Crippen molar-refractivity contribution in [1.29, 1.82) is 0 Å². The lowest BCUT2D eigenvalue weighted by atomic mass is 10.2. The van der Waals surface area contributed by atoms with Gasteiger partial charge in [0.05, 0.1) is 18.2 Å². The number of ether oxygens (including phenoxy) is 1. The summed E-state index contributed by atoms with van der Waals surface area (Å²) in [6.07, 6.45) is -4.60. The topological polar surface area (TPSA) is 55.0 Å². The number of nitrogens with one attached hydrogen (secondary N) is 1. The summed E-state index contributed by atoms with van der Waals surface area (Å²) in [7, 11) is 1.15. The Labute approximate surface area is 107 Å². The number of fused-ring (bicyclic) bond motifs is 1. The first-order chi connectivity index (χ1) is 8.32. The Bertz CT molecular complexity index is 621. The van der Waals surface area contributed by atoms with Gasteiger partial charge in [-0.05, 0) is 12.1 Å². The minimum absolute atomic E-state index is 0.0337. The zero-order valence-electron chi connectivity index (χ0n) is 8.93. The molecule has 0 radical (unpaired) electrons. The smallest absolute Gasteiger partial charge is 0.449 e. The Morgan fingerprint density at radius 1 is 1.44 bits per heavy atom. The van der Waals surface area contributed by atoms with Crippen molar-refractivity contribution in [3.05, 3.63) is 28.0 Å². The van der Waals surface area contributed by atoms with Crippen molar-refractivity contribution >= 4 is 32.9 Å². The van der Waals surface area contributed by atoms with E-state index in [2.05, 4.69) is 30.6 Å². The van der Waals surface area contributed by atoms with E-state index in [4.69, 9.17) is 0 Å². The summed E-state index contributed by atoms with van der Waals surface area (Å²) in [5.41, 5.74) is 0.00287. The largest absolute Gasteiger partial charge is 0.465 e. The number of halogens is 4. The van der Waals surface area contributed by atoms with Crippen molar-refractivity contribution in [1.82, 2.24) is 9.97 Å². The maximum Gasteiger partial charge on any atom is 0.449 e. The van der Waals surface area contributed by atoms with Crippen molar-refractivity contribution < 1.29 is 22.7 Å². The van der Waals surface area contributed by atoms with Crippen LogP contribution in [-0.4, -0.2) is 23.0 Å². The number of carbonyl (C=O) groups is 1. The van der Waals surface area contributed by atoms with Crippen LogP contribution in [0.15, 0.2) is 16.6 Å². The Balaban J connectivity index is 2.72. The van der Waals surface area contributed by atoms with Crippen molar-refractivity contribution in [3.63, 3.8) is 0 Å². The molecule has 18 heavy (non-hydrogen) atoms. The predicted molar refractivity (Wildman–Crippen MR) is 60.1 cm³/mol. The maximum absolute atomic E-state index is 12.5. The lowest BCUT2D eigenvalue weighted by Crippen LogP contribution is -2.07. The number of aromatic amines is 1. The summed E-state index contributed by atoms with van der Waals surface area (Å²) in [6.45, 7) is 0. The number of nitrogens with zero attached hydrogens (tertiary/aromatic N) is 1. The number of alkyl halides is 3. The van der Waals surface area contributed by atoms with Gasteiger partial charge >= 0.3 is 12.1 Å². The first kappa shape index (κ1) is 12.9. The van der Waals surface area contributed by atoms with Crippen molar-refractivity contribution in [2.45, 2.75) is 6.18 Å². The Morgan fingerprint density at radius 3 is 2.67 bits per heavy atom. The fourth-order valence-electron chi connectivity index (χ4n) is 1.48. The minimum atomic E-state index is -4.60. The van der Waals surface area contributed by atoms with Gasteiger partial charge < -0.3 is 9.72 Å². The van der Waals surface area contributed by atoms with Crippen LogP contribution in [-0.2, 0) is 10.9 Å². The lowest BCUT2D eigenvalue weighted by molar-refractivity contribution is -0.144. The van der Waals surface area contributed by atoms with E-state index in [9.17, 15) is 18.0 Å². The highest BCUT2D eigenvalue weighted by Crippen LogP contribution is 2.31. The molecule has 1 N–H and O–H groups in total. The van der Waals surface area contributed by atoms with Gasteiger partial charge in [0.25, 0.3) is 0 Å². The standard InChI is InChI=1S/C10H6BrF3N2O2/c1-18-8(17)5-2-4(11)3-6-7(5)16-9(15-6)10(12,13)14/h2-3H,1H3,(H,15,16). The number of methoxy groups -OCH3 is 1. The van der Waals surface area contributed by atoms with Gasteiger partial charge in [0.2, 0.25) is 5.82 Å². The molecule has 0 aliphatic rings. The van der Waals surface area contributed by atoms with Gasteiger partial charge in [0, 0.05) is 4.47 Å². The SMILES string of the molecule is COC(=O)c1cc(Br)cc2[nH]c(C(F)(F)F)nc12. The van der Waals surface area contributed by atoms with Crippen LogP contribution in [0.1, 0.15) is 16.2 Å². The summed E-state index contributed by atoms with van der Waals surface area (Å²) < 4.78 is 42.5. The number of H-pyrrole nitrogens is 1. The highest BCUT2D eigenvalue weighted by Gasteiger charge is 2.35. The molecule has 0 saturated carbocycles. The second-order valence-electron chi connectivity index (χ2n) is 3.42. The summed E-state index contributed by atoms with van der Waals surface area (Å²) in [5.74, 6) is -1.90. The highest BCUT2D eigenvalue weighted by atomic mass is 79.9. The van der Waals surface area contributed by atoms with E-state index in [1.165, 1.54) is 12.1 Å². The summed E-state index contributed by atoms with van der Waals surface area (Å²) >= 11 is 3.10. The number of rotatable bonds is 1. The van der Waals surface area contributed by atoms with Crippen LogP contribution < -0.4 is 0 Å². The Hall–Kier alpha value is -1.57. The molecule has 0 bridgehead atoms. The molecule has 0 unspecified atom stereocenters. The predicted octanol–water partition coefficient (Wildman–Crippen LogP) is 3.13. The van der Waals surface area contributed by atoms with Crippen LogP contribution in [0.3, 0.4) is 0 Å². The number of hydrogen-bond donors (Lipinski definition) is 1. The van der Waals surface area contributed by atoms with E-state index < -0.39 is 18.0 Å².